The van der Waals surface area contributed by atoms with Crippen LogP contribution in [0, 0.1) is 29.9 Å². The highest BCUT2D eigenvalue weighted by Crippen LogP contribution is 2.11. The van der Waals surface area contributed by atoms with E-state index in [4.69, 9.17) is 5.26 Å². The van der Waals surface area contributed by atoms with E-state index in [1.54, 1.807) is 12.1 Å². The second-order valence-electron chi connectivity index (χ2n) is 4.43. The summed E-state index contributed by atoms with van der Waals surface area (Å²) in [6, 6.07) is 9.02. The van der Waals surface area contributed by atoms with Gasteiger partial charge in [-0.25, -0.2) is 13.8 Å². The molecule has 1 heterocycles. The molecule has 2 rings (SSSR count). The molecule has 0 aliphatic carbocycles. The SMILES string of the molecule is Cc1ccc(NCCc2cc(F)cc(F)c2)nc1C#N. The number of benzene rings is 1. The van der Waals surface area contributed by atoms with Crippen molar-refractivity contribution in [3.63, 3.8) is 0 Å². The van der Waals surface area contributed by atoms with Crippen LogP contribution < -0.4 is 5.32 Å². The van der Waals surface area contributed by atoms with Gasteiger partial charge in [0.25, 0.3) is 0 Å². The van der Waals surface area contributed by atoms with Gasteiger partial charge in [-0.3, -0.25) is 0 Å². The Labute approximate surface area is 115 Å². The molecule has 0 fully saturated rings. The normalized spacial score (nSPS) is 10.1. The maximum atomic E-state index is 13.0. The van der Waals surface area contributed by atoms with E-state index in [1.165, 1.54) is 12.1 Å². The topological polar surface area (TPSA) is 48.7 Å². The summed E-state index contributed by atoms with van der Waals surface area (Å²) in [6.07, 6.45) is 0.464. The number of rotatable bonds is 4. The summed E-state index contributed by atoms with van der Waals surface area (Å²) < 4.78 is 26.0. The van der Waals surface area contributed by atoms with Crippen LogP contribution in [0.3, 0.4) is 0 Å². The third kappa shape index (κ3) is 3.51. The first-order valence-electron chi connectivity index (χ1n) is 6.15. The third-order valence-corrected chi connectivity index (χ3v) is 2.85. The molecule has 102 valence electrons. The Morgan fingerprint density at radius 3 is 2.55 bits per heavy atom. The quantitative estimate of drug-likeness (QED) is 0.930. The number of pyridine rings is 1. The van der Waals surface area contributed by atoms with Crippen LogP contribution in [0.25, 0.3) is 0 Å². The van der Waals surface area contributed by atoms with Gasteiger partial charge in [-0.15, -0.1) is 0 Å². The molecule has 0 unspecified atom stereocenters. The van der Waals surface area contributed by atoms with E-state index >= 15 is 0 Å². The molecule has 5 heteroatoms. The summed E-state index contributed by atoms with van der Waals surface area (Å²) in [5, 5.41) is 11.9. The molecule has 0 atom stereocenters. The number of nitriles is 1. The molecule has 0 radical (unpaired) electrons. The summed E-state index contributed by atoms with van der Waals surface area (Å²) in [6.45, 7) is 2.29. The molecular weight excluding hydrogens is 260 g/mol. The molecule has 0 aliphatic heterocycles. The minimum atomic E-state index is -0.583. The number of hydrogen-bond acceptors (Lipinski definition) is 3. The minimum absolute atomic E-state index is 0.367. The smallest absolute Gasteiger partial charge is 0.145 e. The Kier molecular flexibility index (Phi) is 4.26. The lowest BCUT2D eigenvalue weighted by molar-refractivity contribution is 0.580. The van der Waals surface area contributed by atoms with Crippen molar-refractivity contribution >= 4 is 5.82 Å². The van der Waals surface area contributed by atoms with E-state index in [-0.39, 0.29) is 0 Å². The molecule has 3 nitrogen and oxygen atoms in total. The van der Waals surface area contributed by atoms with Gasteiger partial charge in [0, 0.05) is 12.6 Å². The molecule has 0 saturated carbocycles. The van der Waals surface area contributed by atoms with E-state index in [0.717, 1.165) is 11.6 Å². The fourth-order valence-corrected chi connectivity index (χ4v) is 1.83. The molecule has 1 N–H and O–H groups in total. The standard InChI is InChI=1S/C15H13F2N3/c1-10-2-3-15(20-14(10)9-18)19-5-4-11-6-12(16)8-13(17)7-11/h2-3,6-8H,4-5H2,1H3,(H,19,20). The number of aromatic nitrogens is 1. The van der Waals surface area contributed by atoms with Gasteiger partial charge < -0.3 is 5.32 Å². The predicted molar refractivity (Wildman–Crippen MR) is 72.2 cm³/mol. The first-order chi connectivity index (χ1) is 9.58. The van der Waals surface area contributed by atoms with Gasteiger partial charge >= 0.3 is 0 Å². The molecule has 1 aromatic heterocycles. The first-order valence-corrected chi connectivity index (χ1v) is 6.15. The zero-order valence-electron chi connectivity index (χ0n) is 11.0. The average molecular weight is 273 g/mol. The van der Waals surface area contributed by atoms with Crippen molar-refractivity contribution in [2.75, 3.05) is 11.9 Å². The minimum Gasteiger partial charge on any atom is -0.370 e. The molecule has 20 heavy (non-hydrogen) atoms. The van der Waals surface area contributed by atoms with Crippen molar-refractivity contribution in [2.45, 2.75) is 13.3 Å². The number of aryl methyl sites for hydroxylation is 1. The Morgan fingerprint density at radius 1 is 1.20 bits per heavy atom. The Hall–Kier alpha value is -2.48. The largest absolute Gasteiger partial charge is 0.370 e. The van der Waals surface area contributed by atoms with Crippen molar-refractivity contribution in [3.05, 3.63) is 58.8 Å². The lowest BCUT2D eigenvalue weighted by atomic mass is 10.1. The van der Waals surface area contributed by atoms with Crippen LogP contribution in [0.5, 0.6) is 0 Å². The predicted octanol–water partition coefficient (Wildman–Crippen LogP) is 3.19. The van der Waals surface area contributed by atoms with Gasteiger partial charge in [0.2, 0.25) is 0 Å². The van der Waals surface area contributed by atoms with Gasteiger partial charge in [0.15, 0.2) is 0 Å². The van der Waals surface area contributed by atoms with Crippen LogP contribution in [0.1, 0.15) is 16.8 Å². The molecule has 2 aromatic rings. The number of nitrogens with zero attached hydrogens (tertiary/aromatic N) is 2. The summed E-state index contributed by atoms with van der Waals surface area (Å²) in [5.41, 5.74) is 1.75. The van der Waals surface area contributed by atoms with Crippen LogP contribution >= 0.6 is 0 Å². The van der Waals surface area contributed by atoms with Gasteiger partial charge in [0.05, 0.1) is 0 Å². The molecule has 1 aromatic carbocycles. The van der Waals surface area contributed by atoms with E-state index in [1.807, 2.05) is 13.0 Å². The second-order valence-corrected chi connectivity index (χ2v) is 4.43. The monoisotopic (exact) mass is 273 g/mol. The lowest BCUT2D eigenvalue weighted by Gasteiger charge is -2.07. The number of nitrogens with one attached hydrogen (secondary N) is 1. The van der Waals surface area contributed by atoms with Gasteiger partial charge in [-0.05, 0) is 42.7 Å². The van der Waals surface area contributed by atoms with Crippen molar-refractivity contribution < 1.29 is 8.78 Å². The molecule has 0 amide bonds. The fraction of sp³-hybridized carbons (Fsp3) is 0.200. The number of anilines is 1. The molecule has 0 spiro atoms. The Bertz CT molecular complexity index is 642. The second kappa shape index (κ2) is 6.11. The molecule has 0 aliphatic rings. The van der Waals surface area contributed by atoms with Crippen molar-refractivity contribution in [2.24, 2.45) is 0 Å². The van der Waals surface area contributed by atoms with Crippen LogP contribution in [0.2, 0.25) is 0 Å². The van der Waals surface area contributed by atoms with E-state index in [2.05, 4.69) is 10.3 Å². The zero-order chi connectivity index (χ0) is 14.5. The highest BCUT2D eigenvalue weighted by atomic mass is 19.1. The lowest BCUT2D eigenvalue weighted by Crippen LogP contribution is -2.07. The molecule has 0 bridgehead atoms. The van der Waals surface area contributed by atoms with Gasteiger partial charge in [-0.1, -0.05) is 6.07 Å². The highest BCUT2D eigenvalue weighted by molar-refractivity contribution is 5.42. The van der Waals surface area contributed by atoms with Crippen LogP contribution in [-0.2, 0) is 6.42 Å². The molecular formula is C15H13F2N3. The Morgan fingerprint density at radius 2 is 1.90 bits per heavy atom. The molecule has 0 saturated heterocycles. The summed E-state index contributed by atoms with van der Waals surface area (Å²) in [7, 11) is 0. The van der Waals surface area contributed by atoms with E-state index in [9.17, 15) is 8.78 Å². The maximum absolute atomic E-state index is 13.0. The van der Waals surface area contributed by atoms with Gasteiger partial charge in [-0.2, -0.15) is 5.26 Å². The fourth-order valence-electron chi connectivity index (χ4n) is 1.83. The average Bonchev–Trinajstić information content (AvgIpc) is 2.39. The van der Waals surface area contributed by atoms with E-state index < -0.39 is 11.6 Å². The van der Waals surface area contributed by atoms with Gasteiger partial charge in [0.1, 0.15) is 29.2 Å². The number of hydrogen-bond donors (Lipinski definition) is 1. The third-order valence-electron chi connectivity index (χ3n) is 2.85. The van der Waals surface area contributed by atoms with Crippen molar-refractivity contribution in [3.8, 4) is 6.07 Å². The first kappa shape index (κ1) is 13.9. The zero-order valence-corrected chi connectivity index (χ0v) is 11.0. The summed E-state index contributed by atoms with van der Waals surface area (Å²) >= 11 is 0. The van der Waals surface area contributed by atoms with Crippen LogP contribution in [0.4, 0.5) is 14.6 Å². The van der Waals surface area contributed by atoms with Crippen LogP contribution in [0.15, 0.2) is 30.3 Å². The van der Waals surface area contributed by atoms with Crippen molar-refractivity contribution in [1.82, 2.24) is 4.98 Å². The number of halogens is 2. The van der Waals surface area contributed by atoms with Crippen LogP contribution in [-0.4, -0.2) is 11.5 Å². The Balaban J connectivity index is 1.98. The summed E-state index contributed by atoms with van der Waals surface area (Å²) in [4.78, 5) is 4.14. The highest BCUT2D eigenvalue weighted by Gasteiger charge is 2.03. The van der Waals surface area contributed by atoms with E-state index in [0.29, 0.717) is 30.0 Å². The summed E-state index contributed by atoms with van der Waals surface area (Å²) in [5.74, 6) is -0.593. The maximum Gasteiger partial charge on any atom is 0.145 e. The van der Waals surface area contributed by atoms with Crippen molar-refractivity contribution in [1.29, 1.82) is 5.26 Å².